The number of sulfonamides is 1. The van der Waals surface area contributed by atoms with Crippen LogP contribution in [0.15, 0.2) is 29.2 Å². The van der Waals surface area contributed by atoms with Crippen molar-refractivity contribution in [1.82, 2.24) is 4.31 Å². The van der Waals surface area contributed by atoms with Gasteiger partial charge < -0.3 is 5.53 Å². The van der Waals surface area contributed by atoms with Gasteiger partial charge in [0.2, 0.25) is 10.0 Å². The lowest BCUT2D eigenvalue weighted by Gasteiger charge is -2.21. The van der Waals surface area contributed by atoms with Crippen molar-refractivity contribution in [3.63, 3.8) is 0 Å². The van der Waals surface area contributed by atoms with Crippen LogP contribution in [0.1, 0.15) is 6.92 Å². The van der Waals surface area contributed by atoms with Gasteiger partial charge in [0, 0.05) is 19.2 Å². The van der Waals surface area contributed by atoms with Crippen molar-refractivity contribution in [2.24, 2.45) is 0 Å². The molecule has 9 nitrogen and oxygen atoms in total. The van der Waals surface area contributed by atoms with Crippen molar-refractivity contribution in [2.45, 2.75) is 17.9 Å². The summed E-state index contributed by atoms with van der Waals surface area (Å²) in [5.41, 5.74) is 8.04. The Morgan fingerprint density at radius 1 is 1.43 bits per heavy atom. The van der Waals surface area contributed by atoms with Crippen molar-refractivity contribution >= 4 is 27.7 Å². The average molecular weight is 312 g/mol. The molecule has 21 heavy (non-hydrogen) atoms. The van der Waals surface area contributed by atoms with Gasteiger partial charge in [-0.25, -0.2) is 8.42 Å². The van der Waals surface area contributed by atoms with Crippen LogP contribution in [-0.4, -0.2) is 47.5 Å². The van der Waals surface area contributed by atoms with Crippen LogP contribution >= 0.6 is 0 Å². The number of nitro groups is 1. The van der Waals surface area contributed by atoms with E-state index >= 15 is 0 Å². The van der Waals surface area contributed by atoms with Crippen molar-refractivity contribution in [3.8, 4) is 0 Å². The van der Waals surface area contributed by atoms with E-state index in [9.17, 15) is 23.3 Å². The molecule has 0 aromatic heterocycles. The molecule has 1 aromatic rings. The molecule has 1 aromatic carbocycles. The normalized spacial score (nSPS) is 12.5. The lowest BCUT2D eigenvalue weighted by molar-refractivity contribution is -0.384. The van der Waals surface area contributed by atoms with E-state index < -0.39 is 26.8 Å². The summed E-state index contributed by atoms with van der Waals surface area (Å²) in [6.07, 6.45) is 0.604. The fourth-order valence-corrected chi connectivity index (χ4v) is 2.79. The summed E-state index contributed by atoms with van der Waals surface area (Å²) in [4.78, 5) is 23.8. The SMILES string of the molecule is C[C@H](C(=O)C=[N+]=[N-])N(C)S(=O)(=O)c1ccc([N+](=O)[O-])cc1. The van der Waals surface area contributed by atoms with E-state index in [4.69, 9.17) is 5.53 Å². The molecule has 10 heteroatoms. The highest BCUT2D eigenvalue weighted by molar-refractivity contribution is 7.89. The number of nitro benzene ring substituents is 1. The molecule has 0 aliphatic rings. The van der Waals surface area contributed by atoms with Gasteiger partial charge in [-0.3, -0.25) is 14.9 Å². The Kier molecular flexibility index (Phi) is 5.03. The van der Waals surface area contributed by atoms with Crippen molar-refractivity contribution in [2.75, 3.05) is 7.05 Å². The van der Waals surface area contributed by atoms with Crippen LogP contribution in [0.5, 0.6) is 0 Å². The Morgan fingerprint density at radius 2 is 1.95 bits per heavy atom. The zero-order chi connectivity index (χ0) is 16.2. The van der Waals surface area contributed by atoms with Gasteiger partial charge in [-0.1, -0.05) is 0 Å². The van der Waals surface area contributed by atoms with Crippen LogP contribution in [0.2, 0.25) is 0 Å². The van der Waals surface area contributed by atoms with E-state index in [0.29, 0.717) is 6.21 Å². The van der Waals surface area contributed by atoms with E-state index in [1.807, 2.05) is 0 Å². The molecule has 0 saturated heterocycles. The molecule has 1 atom stereocenters. The number of hydrogen-bond acceptors (Lipinski definition) is 5. The van der Waals surface area contributed by atoms with Crippen molar-refractivity contribution in [3.05, 3.63) is 39.9 Å². The fraction of sp³-hybridized carbons (Fsp3) is 0.273. The number of hydrogen-bond donors (Lipinski definition) is 0. The zero-order valence-electron chi connectivity index (χ0n) is 11.2. The molecule has 0 fully saturated rings. The first kappa shape index (κ1) is 16.6. The Balaban J connectivity index is 3.12. The second kappa shape index (κ2) is 6.35. The smallest absolute Gasteiger partial charge is 0.324 e. The highest BCUT2D eigenvalue weighted by Gasteiger charge is 2.30. The number of ketones is 1. The average Bonchev–Trinajstić information content (AvgIpc) is 2.45. The molecule has 0 N–H and O–H groups in total. The predicted octanol–water partition coefficient (Wildman–Crippen LogP) is 0.474. The number of carbonyl (C=O) groups is 1. The second-order valence-corrected chi connectivity index (χ2v) is 6.09. The predicted molar refractivity (Wildman–Crippen MR) is 72.2 cm³/mol. The van der Waals surface area contributed by atoms with Crippen LogP contribution < -0.4 is 0 Å². The summed E-state index contributed by atoms with van der Waals surface area (Å²) < 4.78 is 25.3. The largest absolute Gasteiger partial charge is 0.361 e. The second-order valence-electron chi connectivity index (χ2n) is 4.10. The lowest BCUT2D eigenvalue weighted by Crippen LogP contribution is -2.40. The molecule has 0 heterocycles. The van der Waals surface area contributed by atoms with Gasteiger partial charge in [-0.2, -0.15) is 9.10 Å². The number of likely N-dealkylation sites (N-methyl/N-ethyl adjacent to an activating group) is 1. The standard InChI is InChI=1S/C11H12N4O5S/c1-8(11(16)7-13-12)14(2)21(19,20)10-5-3-9(4-6-10)15(17)18/h3-8H,1-2H3/t8-/m1/s1. The summed E-state index contributed by atoms with van der Waals surface area (Å²) in [6, 6.07) is 3.20. The number of non-ortho nitro benzene ring substituents is 1. The topological polar surface area (TPSA) is 134 Å². The third-order valence-corrected chi connectivity index (χ3v) is 4.81. The highest BCUT2D eigenvalue weighted by atomic mass is 32.2. The minimum absolute atomic E-state index is 0.184. The van der Waals surface area contributed by atoms with E-state index in [1.54, 1.807) is 0 Å². The number of nitrogens with zero attached hydrogens (tertiary/aromatic N) is 4. The molecule has 112 valence electrons. The molecule has 1 rings (SSSR count). The maximum Gasteiger partial charge on any atom is 0.324 e. The molecular weight excluding hydrogens is 300 g/mol. The van der Waals surface area contributed by atoms with Crippen LogP contribution in [0.3, 0.4) is 0 Å². The molecule has 0 unspecified atom stereocenters. The van der Waals surface area contributed by atoms with Gasteiger partial charge in [0.15, 0.2) is 0 Å². The molecule has 0 radical (unpaired) electrons. The van der Waals surface area contributed by atoms with Crippen LogP contribution in [0.25, 0.3) is 5.53 Å². The third-order valence-electron chi connectivity index (χ3n) is 2.87. The van der Waals surface area contributed by atoms with Crippen LogP contribution in [-0.2, 0) is 14.8 Å². The first-order chi connectivity index (χ1) is 9.71. The Labute approximate surface area is 120 Å². The maximum atomic E-state index is 12.3. The van der Waals surface area contributed by atoms with Gasteiger partial charge in [-0.05, 0) is 19.1 Å². The summed E-state index contributed by atoms with van der Waals surface area (Å²) in [5, 5.41) is 10.5. The van der Waals surface area contributed by atoms with Gasteiger partial charge >= 0.3 is 6.21 Å². The van der Waals surface area contributed by atoms with Gasteiger partial charge in [0.05, 0.1) is 15.9 Å². The molecule has 0 aliphatic carbocycles. The zero-order valence-corrected chi connectivity index (χ0v) is 12.0. The van der Waals surface area contributed by atoms with E-state index in [0.717, 1.165) is 28.6 Å². The summed E-state index contributed by atoms with van der Waals surface area (Å²) in [5.74, 6) is -0.703. The molecule has 0 saturated carbocycles. The molecule has 0 spiro atoms. The number of Topliss-reactive ketones (excluding diaryl/α,β-unsaturated/α-hetero) is 1. The highest BCUT2D eigenvalue weighted by Crippen LogP contribution is 2.20. The summed E-state index contributed by atoms with van der Waals surface area (Å²) in [6.45, 7) is 1.33. The van der Waals surface area contributed by atoms with Gasteiger partial charge in [0.25, 0.3) is 11.5 Å². The van der Waals surface area contributed by atoms with Crippen LogP contribution in [0.4, 0.5) is 5.69 Å². The quantitative estimate of drug-likeness (QED) is 0.247. The Bertz CT molecular complexity index is 707. The van der Waals surface area contributed by atoms with Gasteiger partial charge in [0.1, 0.15) is 0 Å². The molecule has 0 bridgehead atoms. The summed E-state index contributed by atoms with van der Waals surface area (Å²) >= 11 is 0. The van der Waals surface area contributed by atoms with E-state index in [2.05, 4.69) is 4.79 Å². The first-order valence-corrected chi connectivity index (χ1v) is 7.09. The van der Waals surface area contributed by atoms with Crippen molar-refractivity contribution < 1.29 is 22.9 Å². The van der Waals surface area contributed by atoms with Crippen LogP contribution in [0, 0.1) is 10.1 Å². The number of rotatable bonds is 6. The maximum absolute atomic E-state index is 12.3. The molecule has 0 amide bonds. The van der Waals surface area contributed by atoms with Crippen molar-refractivity contribution in [1.29, 1.82) is 0 Å². The number of carbonyl (C=O) groups excluding carboxylic acids is 1. The third kappa shape index (κ3) is 3.57. The lowest BCUT2D eigenvalue weighted by atomic mass is 10.2. The first-order valence-electron chi connectivity index (χ1n) is 5.65. The minimum Gasteiger partial charge on any atom is -0.361 e. The molecule has 0 aliphatic heterocycles. The fourth-order valence-electron chi connectivity index (χ4n) is 1.46. The number of benzene rings is 1. The minimum atomic E-state index is -4.00. The molecular formula is C11H12N4O5S. The monoisotopic (exact) mass is 312 g/mol. The Morgan fingerprint density at radius 3 is 2.38 bits per heavy atom. The van der Waals surface area contributed by atoms with E-state index in [1.165, 1.54) is 14.0 Å². The van der Waals surface area contributed by atoms with Gasteiger partial charge in [-0.15, -0.1) is 0 Å². The van der Waals surface area contributed by atoms with E-state index in [-0.39, 0.29) is 10.6 Å². The summed E-state index contributed by atoms with van der Waals surface area (Å²) in [7, 11) is -2.81. The Hall–Kier alpha value is -2.42.